The summed E-state index contributed by atoms with van der Waals surface area (Å²) in [5, 5.41) is 4.00. The lowest BCUT2D eigenvalue weighted by Crippen LogP contribution is -2.17. The van der Waals surface area contributed by atoms with E-state index in [1.165, 1.54) is 0 Å². The third-order valence-corrected chi connectivity index (χ3v) is 3.98. The number of hydrogen-bond donors (Lipinski definition) is 2. The van der Waals surface area contributed by atoms with Crippen LogP contribution in [0.5, 0.6) is 0 Å². The Morgan fingerprint density at radius 3 is 2.19 bits per heavy atom. The fourth-order valence-corrected chi connectivity index (χ4v) is 2.45. The molecule has 0 bridgehead atoms. The van der Waals surface area contributed by atoms with Crippen molar-refractivity contribution in [3.05, 3.63) is 90.0 Å². The summed E-state index contributed by atoms with van der Waals surface area (Å²) in [5.74, 6) is -0.276. The van der Waals surface area contributed by atoms with Gasteiger partial charge in [-0.3, -0.25) is 4.79 Å². The van der Waals surface area contributed by atoms with Gasteiger partial charge in [-0.1, -0.05) is 30.3 Å². The normalized spacial score (nSPS) is 10.7. The van der Waals surface area contributed by atoms with Crippen LogP contribution in [0.15, 0.2) is 84.0 Å². The highest BCUT2D eigenvalue weighted by Gasteiger charge is 2.04. The van der Waals surface area contributed by atoms with Crippen molar-refractivity contribution in [3.8, 4) is 0 Å². The minimum Gasteiger partial charge on any atom is -0.399 e. The van der Waals surface area contributed by atoms with Gasteiger partial charge in [0.05, 0.1) is 6.21 Å². The molecule has 3 aromatic carbocycles. The lowest BCUT2D eigenvalue weighted by Gasteiger charge is -2.19. The number of nitrogens with zero attached hydrogens (tertiary/aromatic N) is 2. The number of para-hydroxylation sites is 1. The Morgan fingerprint density at radius 1 is 0.923 bits per heavy atom. The topological polar surface area (TPSA) is 70.7 Å². The second-order valence-electron chi connectivity index (χ2n) is 5.81. The van der Waals surface area contributed by atoms with E-state index in [1.54, 1.807) is 30.5 Å². The van der Waals surface area contributed by atoms with Crippen molar-refractivity contribution < 1.29 is 4.79 Å². The highest BCUT2D eigenvalue weighted by molar-refractivity contribution is 5.95. The predicted molar refractivity (Wildman–Crippen MR) is 107 cm³/mol. The molecule has 0 aliphatic heterocycles. The number of anilines is 3. The standard InChI is InChI=1S/C21H20N4O/c1-25(19-5-3-2-4-6-19)20-13-7-16(8-14-20)15-23-24-21(26)17-9-11-18(22)12-10-17/h2-15H,22H2,1H3,(H,24,26). The van der Waals surface area contributed by atoms with E-state index >= 15 is 0 Å². The molecule has 0 radical (unpaired) electrons. The highest BCUT2D eigenvalue weighted by Crippen LogP contribution is 2.22. The summed E-state index contributed by atoms with van der Waals surface area (Å²) in [7, 11) is 2.02. The third kappa shape index (κ3) is 4.27. The molecule has 1 amide bonds. The maximum Gasteiger partial charge on any atom is 0.271 e. The largest absolute Gasteiger partial charge is 0.399 e. The van der Waals surface area contributed by atoms with Crippen LogP contribution < -0.4 is 16.1 Å². The van der Waals surface area contributed by atoms with Gasteiger partial charge in [-0.25, -0.2) is 5.43 Å². The van der Waals surface area contributed by atoms with Gasteiger partial charge in [-0.15, -0.1) is 0 Å². The molecule has 0 saturated heterocycles. The van der Waals surface area contributed by atoms with Gasteiger partial charge in [0.2, 0.25) is 0 Å². The molecule has 5 heteroatoms. The summed E-state index contributed by atoms with van der Waals surface area (Å²) in [6.07, 6.45) is 1.61. The molecule has 3 aromatic rings. The average Bonchev–Trinajstić information content (AvgIpc) is 2.69. The van der Waals surface area contributed by atoms with Gasteiger partial charge in [-0.2, -0.15) is 5.10 Å². The molecular formula is C21H20N4O. The van der Waals surface area contributed by atoms with Crippen LogP contribution in [0.1, 0.15) is 15.9 Å². The molecule has 0 fully saturated rings. The van der Waals surface area contributed by atoms with Crippen LogP contribution in [-0.2, 0) is 0 Å². The molecule has 130 valence electrons. The molecule has 5 nitrogen and oxygen atoms in total. The molecule has 0 saturated carbocycles. The van der Waals surface area contributed by atoms with Crippen molar-refractivity contribution in [2.24, 2.45) is 5.10 Å². The quantitative estimate of drug-likeness (QED) is 0.420. The summed E-state index contributed by atoms with van der Waals surface area (Å²) in [5.41, 5.74) is 12.3. The monoisotopic (exact) mass is 344 g/mol. The molecule has 3 N–H and O–H groups in total. The molecule has 0 spiro atoms. The van der Waals surface area contributed by atoms with Crippen LogP contribution in [-0.4, -0.2) is 19.2 Å². The minimum absolute atomic E-state index is 0.276. The SMILES string of the molecule is CN(c1ccccc1)c1ccc(C=NNC(=O)c2ccc(N)cc2)cc1. The van der Waals surface area contributed by atoms with Gasteiger partial charge in [0.15, 0.2) is 0 Å². The van der Waals surface area contributed by atoms with Gasteiger partial charge >= 0.3 is 0 Å². The summed E-state index contributed by atoms with van der Waals surface area (Å²) in [6.45, 7) is 0. The first-order valence-electron chi connectivity index (χ1n) is 8.21. The molecule has 26 heavy (non-hydrogen) atoms. The fourth-order valence-electron chi connectivity index (χ4n) is 2.45. The van der Waals surface area contributed by atoms with Crippen LogP contribution in [0.3, 0.4) is 0 Å². The first-order chi connectivity index (χ1) is 12.6. The smallest absolute Gasteiger partial charge is 0.271 e. The maximum absolute atomic E-state index is 12.0. The average molecular weight is 344 g/mol. The number of rotatable bonds is 5. The Labute approximate surface area is 152 Å². The van der Waals surface area contributed by atoms with Gasteiger partial charge in [0.1, 0.15) is 0 Å². The van der Waals surface area contributed by atoms with Gasteiger partial charge in [0, 0.05) is 29.7 Å². The summed E-state index contributed by atoms with van der Waals surface area (Å²) >= 11 is 0. The molecule has 0 aromatic heterocycles. The van der Waals surface area contributed by atoms with Crippen molar-refractivity contribution in [1.82, 2.24) is 5.43 Å². The second-order valence-corrected chi connectivity index (χ2v) is 5.81. The zero-order valence-corrected chi connectivity index (χ0v) is 14.5. The van der Waals surface area contributed by atoms with E-state index in [2.05, 4.69) is 27.6 Å². The number of nitrogens with one attached hydrogen (secondary N) is 1. The van der Waals surface area contributed by atoms with Crippen LogP contribution in [0.4, 0.5) is 17.1 Å². The fraction of sp³-hybridized carbons (Fsp3) is 0.0476. The van der Waals surface area contributed by atoms with E-state index in [1.807, 2.05) is 49.5 Å². The second kappa shape index (κ2) is 7.98. The van der Waals surface area contributed by atoms with Crippen molar-refractivity contribution >= 4 is 29.2 Å². The van der Waals surface area contributed by atoms with E-state index in [9.17, 15) is 4.79 Å². The number of hydrazone groups is 1. The number of nitrogens with two attached hydrogens (primary N) is 1. The summed E-state index contributed by atoms with van der Waals surface area (Å²) in [4.78, 5) is 14.1. The zero-order chi connectivity index (χ0) is 18.4. The van der Waals surface area contributed by atoms with Gasteiger partial charge in [-0.05, 0) is 54.1 Å². The van der Waals surface area contributed by atoms with Crippen molar-refractivity contribution in [2.75, 3.05) is 17.7 Å². The molecule has 0 heterocycles. The first-order valence-corrected chi connectivity index (χ1v) is 8.21. The Hall–Kier alpha value is -3.60. The number of carbonyl (C=O) groups excluding carboxylic acids is 1. The molecular weight excluding hydrogens is 324 g/mol. The van der Waals surface area contributed by atoms with E-state index in [0.29, 0.717) is 11.3 Å². The zero-order valence-electron chi connectivity index (χ0n) is 14.5. The molecule has 3 rings (SSSR count). The lowest BCUT2D eigenvalue weighted by atomic mass is 10.2. The van der Waals surface area contributed by atoms with Crippen LogP contribution >= 0.6 is 0 Å². The van der Waals surface area contributed by atoms with Gasteiger partial charge < -0.3 is 10.6 Å². The Morgan fingerprint density at radius 2 is 1.54 bits per heavy atom. The first kappa shape index (κ1) is 17.2. The number of nitrogen functional groups attached to an aromatic ring is 1. The summed E-state index contributed by atoms with van der Waals surface area (Å²) in [6, 6.07) is 24.7. The van der Waals surface area contributed by atoms with E-state index in [-0.39, 0.29) is 5.91 Å². The molecule has 0 aliphatic carbocycles. The maximum atomic E-state index is 12.0. The predicted octanol–water partition coefficient (Wildman–Crippen LogP) is 3.80. The number of benzene rings is 3. The molecule has 0 atom stereocenters. The molecule has 0 unspecified atom stereocenters. The van der Waals surface area contributed by atoms with E-state index in [4.69, 9.17) is 5.73 Å². The third-order valence-electron chi connectivity index (χ3n) is 3.98. The van der Waals surface area contributed by atoms with E-state index < -0.39 is 0 Å². The minimum atomic E-state index is -0.276. The van der Waals surface area contributed by atoms with E-state index in [0.717, 1.165) is 16.9 Å². The number of amides is 1. The Kier molecular flexibility index (Phi) is 5.29. The van der Waals surface area contributed by atoms with Gasteiger partial charge in [0.25, 0.3) is 5.91 Å². The lowest BCUT2D eigenvalue weighted by molar-refractivity contribution is 0.0955. The van der Waals surface area contributed by atoms with Crippen LogP contribution in [0.25, 0.3) is 0 Å². The molecule has 0 aliphatic rings. The highest BCUT2D eigenvalue weighted by atomic mass is 16.2. The van der Waals surface area contributed by atoms with Crippen molar-refractivity contribution in [3.63, 3.8) is 0 Å². The summed E-state index contributed by atoms with van der Waals surface area (Å²) < 4.78 is 0. The number of hydrogen-bond acceptors (Lipinski definition) is 4. The number of carbonyl (C=O) groups is 1. The van der Waals surface area contributed by atoms with Crippen molar-refractivity contribution in [2.45, 2.75) is 0 Å². The van der Waals surface area contributed by atoms with Crippen LogP contribution in [0, 0.1) is 0 Å². The Bertz CT molecular complexity index is 888. The van der Waals surface area contributed by atoms with Crippen molar-refractivity contribution in [1.29, 1.82) is 0 Å². The van der Waals surface area contributed by atoms with Crippen LogP contribution in [0.2, 0.25) is 0 Å². The Balaban J connectivity index is 1.61.